The molecular formula is C29H30N6O2S2. The Bertz CT molecular complexity index is 1550. The van der Waals surface area contributed by atoms with Crippen molar-refractivity contribution in [1.82, 2.24) is 19.9 Å². The third-order valence-corrected chi connectivity index (χ3v) is 9.99. The van der Waals surface area contributed by atoms with Gasteiger partial charge < -0.3 is 10.4 Å². The number of aromatic nitrogens is 3. The van der Waals surface area contributed by atoms with Gasteiger partial charge in [-0.1, -0.05) is 17.4 Å². The second kappa shape index (κ2) is 9.78. The highest BCUT2D eigenvalue weighted by Gasteiger charge is 2.40. The molecule has 2 atom stereocenters. The molecule has 1 aromatic carbocycles. The number of anilines is 3. The number of aliphatic hydroxyl groups excluding tert-OH is 1. The van der Waals surface area contributed by atoms with Crippen LogP contribution in [0.5, 0.6) is 0 Å². The number of hydrogen-bond acceptors (Lipinski definition) is 9. The number of nitrogens with one attached hydrogen (secondary N) is 1. The number of pyridine rings is 1. The Kier molecular flexibility index (Phi) is 6.23. The lowest BCUT2D eigenvalue weighted by Gasteiger charge is -2.28. The average molecular weight is 559 g/mol. The molecule has 3 aromatic heterocycles. The van der Waals surface area contributed by atoms with Crippen LogP contribution in [0.3, 0.4) is 0 Å². The fourth-order valence-corrected chi connectivity index (χ4v) is 7.47. The van der Waals surface area contributed by atoms with Crippen molar-refractivity contribution >= 4 is 45.3 Å². The van der Waals surface area contributed by atoms with E-state index in [4.69, 9.17) is 4.98 Å². The molecular weight excluding hydrogens is 528 g/mol. The predicted octanol–water partition coefficient (Wildman–Crippen LogP) is 6.11. The number of thiazole rings is 2. The fourth-order valence-electron chi connectivity index (χ4n) is 5.84. The molecule has 39 heavy (non-hydrogen) atoms. The summed E-state index contributed by atoms with van der Waals surface area (Å²) >= 11 is 3.18. The normalized spacial score (nSPS) is 20.0. The molecule has 200 valence electrons. The average Bonchev–Trinajstić information content (AvgIpc) is 3.24. The first kappa shape index (κ1) is 24.8. The van der Waals surface area contributed by atoms with Crippen LogP contribution in [0.15, 0.2) is 41.9 Å². The Morgan fingerprint density at radius 2 is 2.08 bits per heavy atom. The second-order valence-electron chi connectivity index (χ2n) is 10.6. The van der Waals surface area contributed by atoms with Gasteiger partial charge in [-0.15, -0.1) is 11.3 Å². The van der Waals surface area contributed by atoms with Crippen molar-refractivity contribution in [3.8, 4) is 21.0 Å². The zero-order valence-electron chi connectivity index (χ0n) is 21.9. The number of carbonyl (C=O) groups is 1. The summed E-state index contributed by atoms with van der Waals surface area (Å²) in [4.78, 5) is 31.3. The van der Waals surface area contributed by atoms with E-state index in [0.717, 1.165) is 55.9 Å². The van der Waals surface area contributed by atoms with Crippen LogP contribution in [0.2, 0.25) is 0 Å². The van der Waals surface area contributed by atoms with Crippen LogP contribution in [0.4, 0.5) is 16.8 Å². The van der Waals surface area contributed by atoms with Gasteiger partial charge in [0.2, 0.25) is 5.91 Å². The molecule has 4 aromatic rings. The molecule has 10 heteroatoms. The van der Waals surface area contributed by atoms with Gasteiger partial charge in [0.05, 0.1) is 10.6 Å². The van der Waals surface area contributed by atoms with E-state index in [-0.39, 0.29) is 5.91 Å². The van der Waals surface area contributed by atoms with Crippen LogP contribution in [0.1, 0.15) is 55.7 Å². The van der Waals surface area contributed by atoms with Crippen LogP contribution in [0, 0.1) is 12.8 Å². The molecule has 0 spiro atoms. The van der Waals surface area contributed by atoms with Crippen molar-refractivity contribution in [3.63, 3.8) is 0 Å². The highest BCUT2D eigenvalue weighted by molar-refractivity contribution is 7.19. The zero-order chi connectivity index (χ0) is 26.7. The van der Waals surface area contributed by atoms with Gasteiger partial charge in [0, 0.05) is 48.3 Å². The van der Waals surface area contributed by atoms with E-state index >= 15 is 0 Å². The maximum absolute atomic E-state index is 12.2. The van der Waals surface area contributed by atoms with E-state index in [1.54, 1.807) is 27.6 Å². The monoisotopic (exact) mass is 558 g/mol. The van der Waals surface area contributed by atoms with Gasteiger partial charge in [0.1, 0.15) is 22.9 Å². The lowest BCUT2D eigenvalue weighted by molar-refractivity contribution is -0.117. The van der Waals surface area contributed by atoms with Crippen molar-refractivity contribution in [3.05, 3.63) is 58.7 Å². The molecule has 7 rings (SSSR count). The van der Waals surface area contributed by atoms with Gasteiger partial charge in [0.25, 0.3) is 0 Å². The number of rotatable bonds is 7. The SMILES string of the molecule is Cc1nc(Nc2cccc(N3CCCC3=O)n2)sc1-c1cc2c(c(-c3nccs3)c1)C(O)N([C@@H](C)C1CC1)C2. The number of fused-ring (bicyclic) bond motifs is 1. The minimum Gasteiger partial charge on any atom is -0.374 e. The summed E-state index contributed by atoms with van der Waals surface area (Å²) in [6, 6.07) is 10.4. The number of aryl methyl sites for hydroxylation is 1. The fraction of sp³-hybridized carbons (Fsp3) is 0.379. The van der Waals surface area contributed by atoms with E-state index < -0.39 is 6.23 Å². The van der Waals surface area contributed by atoms with E-state index in [1.165, 1.54) is 12.8 Å². The Balaban J connectivity index is 1.22. The molecule has 1 aliphatic carbocycles. The minimum absolute atomic E-state index is 0.120. The molecule has 2 fully saturated rings. The number of hydrogen-bond donors (Lipinski definition) is 2. The highest BCUT2D eigenvalue weighted by atomic mass is 32.1. The van der Waals surface area contributed by atoms with Gasteiger partial charge in [0.15, 0.2) is 5.13 Å². The van der Waals surface area contributed by atoms with Crippen LogP contribution < -0.4 is 10.2 Å². The topological polar surface area (TPSA) is 94.5 Å². The summed E-state index contributed by atoms with van der Waals surface area (Å²) in [5.74, 6) is 2.13. The van der Waals surface area contributed by atoms with Gasteiger partial charge in [-0.05, 0) is 74.4 Å². The summed E-state index contributed by atoms with van der Waals surface area (Å²) in [6.45, 7) is 5.71. The van der Waals surface area contributed by atoms with Crippen LogP contribution in [0.25, 0.3) is 21.0 Å². The molecule has 3 aliphatic rings. The van der Waals surface area contributed by atoms with E-state index in [2.05, 4.69) is 39.2 Å². The minimum atomic E-state index is -0.621. The van der Waals surface area contributed by atoms with Crippen molar-refractivity contribution in [2.75, 3.05) is 16.8 Å². The zero-order valence-corrected chi connectivity index (χ0v) is 23.6. The van der Waals surface area contributed by atoms with Crippen LogP contribution in [-0.4, -0.2) is 43.5 Å². The van der Waals surface area contributed by atoms with Crippen molar-refractivity contribution in [1.29, 1.82) is 0 Å². The van der Waals surface area contributed by atoms with Gasteiger partial charge in [-0.3, -0.25) is 14.6 Å². The molecule has 0 radical (unpaired) electrons. The third kappa shape index (κ3) is 4.55. The van der Waals surface area contributed by atoms with E-state index in [1.807, 2.05) is 36.7 Å². The quantitative estimate of drug-likeness (QED) is 0.283. The summed E-state index contributed by atoms with van der Waals surface area (Å²) < 4.78 is 0. The first-order valence-corrected chi connectivity index (χ1v) is 15.2. The van der Waals surface area contributed by atoms with Crippen molar-refractivity contribution in [2.24, 2.45) is 5.92 Å². The maximum atomic E-state index is 12.2. The first-order valence-electron chi connectivity index (χ1n) is 13.5. The van der Waals surface area contributed by atoms with Crippen LogP contribution >= 0.6 is 22.7 Å². The van der Waals surface area contributed by atoms with Gasteiger partial charge in [-0.2, -0.15) is 0 Å². The van der Waals surface area contributed by atoms with E-state index in [9.17, 15) is 9.90 Å². The molecule has 5 heterocycles. The highest BCUT2D eigenvalue weighted by Crippen LogP contribution is 2.47. The summed E-state index contributed by atoms with van der Waals surface area (Å²) in [6.07, 6.45) is 5.13. The van der Waals surface area contributed by atoms with Gasteiger partial charge in [-0.25, -0.2) is 15.0 Å². The Hall–Kier alpha value is -3.18. The molecule has 8 nitrogen and oxygen atoms in total. The molecule has 2 aliphatic heterocycles. The Morgan fingerprint density at radius 3 is 2.82 bits per heavy atom. The molecule has 0 bridgehead atoms. The maximum Gasteiger partial charge on any atom is 0.228 e. The Morgan fingerprint density at radius 1 is 1.21 bits per heavy atom. The van der Waals surface area contributed by atoms with Gasteiger partial charge >= 0.3 is 0 Å². The van der Waals surface area contributed by atoms with Crippen LogP contribution in [-0.2, 0) is 11.3 Å². The van der Waals surface area contributed by atoms with E-state index in [0.29, 0.717) is 36.6 Å². The standard InChI is InChI=1S/C29H30N6O2S2/c1-16-26(39-29(31-16)33-22-5-3-6-23(32-22)34-11-4-7-24(34)36)19-13-20-15-35(17(2)18-8-9-18)28(37)25(20)21(14-19)27-30-10-12-38-27/h3,5-6,10,12-14,17-18,28,37H,4,7-9,11,15H2,1-2H3,(H,31,32,33)/t17-,28?/m0/s1. The number of benzene rings is 1. The third-order valence-electron chi connectivity index (χ3n) is 8.06. The summed E-state index contributed by atoms with van der Waals surface area (Å²) in [7, 11) is 0. The largest absolute Gasteiger partial charge is 0.374 e. The molecule has 1 unspecified atom stereocenters. The molecule has 1 saturated carbocycles. The summed E-state index contributed by atoms with van der Waals surface area (Å²) in [5.41, 5.74) is 5.16. The van der Waals surface area contributed by atoms with Crippen molar-refractivity contribution in [2.45, 2.75) is 58.3 Å². The number of amides is 1. The first-order chi connectivity index (χ1) is 19.0. The predicted molar refractivity (Wildman–Crippen MR) is 155 cm³/mol. The smallest absolute Gasteiger partial charge is 0.228 e. The number of carbonyl (C=O) groups excluding carboxylic acids is 1. The second-order valence-corrected chi connectivity index (χ2v) is 12.5. The Labute approximate surface area is 235 Å². The molecule has 1 saturated heterocycles. The number of nitrogens with zero attached hydrogens (tertiary/aromatic N) is 5. The molecule has 2 N–H and O–H groups in total. The number of aliphatic hydroxyl groups is 1. The lowest BCUT2D eigenvalue weighted by Crippen LogP contribution is -2.33. The molecule has 1 amide bonds. The lowest BCUT2D eigenvalue weighted by atomic mass is 9.98. The van der Waals surface area contributed by atoms with Crippen molar-refractivity contribution < 1.29 is 9.90 Å². The summed E-state index contributed by atoms with van der Waals surface area (Å²) in [5, 5.41) is 18.4.